The second kappa shape index (κ2) is 6.41. The second-order valence-corrected chi connectivity index (χ2v) is 4.91. The highest BCUT2D eigenvalue weighted by atomic mass is 16.5. The van der Waals surface area contributed by atoms with Crippen LogP contribution in [0.25, 0.3) is 0 Å². The number of aromatic nitrogens is 2. The van der Waals surface area contributed by atoms with Crippen molar-refractivity contribution in [3.8, 4) is 6.07 Å². The summed E-state index contributed by atoms with van der Waals surface area (Å²) in [4.78, 5) is 23.8. The van der Waals surface area contributed by atoms with Crippen LogP contribution in [0.1, 0.15) is 18.4 Å². The lowest BCUT2D eigenvalue weighted by Crippen LogP contribution is -2.40. The number of rotatable bonds is 4. The third-order valence-corrected chi connectivity index (χ3v) is 3.57. The summed E-state index contributed by atoms with van der Waals surface area (Å²) < 4.78 is 7.46. The van der Waals surface area contributed by atoms with E-state index < -0.39 is 11.2 Å². The second-order valence-electron chi connectivity index (χ2n) is 4.91. The van der Waals surface area contributed by atoms with Crippen molar-refractivity contribution in [2.75, 3.05) is 25.1 Å². The maximum absolute atomic E-state index is 11.9. The molecule has 7 heteroatoms. The van der Waals surface area contributed by atoms with Gasteiger partial charge in [-0.15, -0.1) is 0 Å². The molecule has 0 aromatic carbocycles. The van der Waals surface area contributed by atoms with Gasteiger partial charge in [-0.1, -0.05) is 11.6 Å². The van der Waals surface area contributed by atoms with E-state index in [1.165, 1.54) is 17.2 Å². The van der Waals surface area contributed by atoms with E-state index in [1.54, 1.807) is 7.05 Å². The number of ether oxygens (including phenoxy) is 1. The zero-order valence-corrected chi connectivity index (χ0v) is 12.2. The molecule has 2 heterocycles. The van der Waals surface area contributed by atoms with Crippen LogP contribution in [0, 0.1) is 11.3 Å². The van der Waals surface area contributed by atoms with E-state index >= 15 is 0 Å². The van der Waals surface area contributed by atoms with Crippen molar-refractivity contribution in [2.45, 2.75) is 12.8 Å². The number of nitrogens with one attached hydrogen (secondary N) is 1. The van der Waals surface area contributed by atoms with Crippen LogP contribution in [0.15, 0.2) is 21.2 Å². The summed E-state index contributed by atoms with van der Waals surface area (Å²) in [5.41, 5.74) is 0.210. The molecular weight excluding hydrogens is 272 g/mol. The first-order valence-corrected chi connectivity index (χ1v) is 6.76. The molecule has 1 aromatic heterocycles. The Morgan fingerprint density at radius 1 is 1.38 bits per heavy atom. The third-order valence-electron chi connectivity index (χ3n) is 3.57. The number of anilines is 1. The topological polar surface area (TPSA) is 89.1 Å². The molecule has 0 atom stereocenters. The maximum atomic E-state index is 11.9. The first kappa shape index (κ1) is 15.1. The standard InChI is InChI=1S/C14H18N4O3/c1-17-12(11(9-15)13(19)18(2)14(17)20)16-6-3-10-4-7-21-8-5-10/h4,16H,3,5-8H2,1-2H3. The molecule has 7 nitrogen and oxygen atoms in total. The normalized spacial score (nSPS) is 14.4. The molecule has 0 bridgehead atoms. The van der Waals surface area contributed by atoms with Crippen LogP contribution in [0.4, 0.5) is 5.82 Å². The van der Waals surface area contributed by atoms with E-state index in [9.17, 15) is 9.59 Å². The van der Waals surface area contributed by atoms with Crippen molar-refractivity contribution in [1.82, 2.24) is 9.13 Å². The summed E-state index contributed by atoms with van der Waals surface area (Å²) in [5.74, 6) is 0.276. The molecule has 0 saturated heterocycles. The van der Waals surface area contributed by atoms with Gasteiger partial charge >= 0.3 is 5.69 Å². The molecular formula is C14H18N4O3. The average molecular weight is 290 g/mol. The molecule has 0 unspecified atom stereocenters. The highest BCUT2D eigenvalue weighted by molar-refractivity contribution is 5.51. The Balaban J connectivity index is 2.20. The number of nitrogens with zero attached hydrogens (tertiary/aromatic N) is 3. The number of hydrogen-bond donors (Lipinski definition) is 1. The molecule has 1 aromatic rings. The van der Waals surface area contributed by atoms with E-state index in [1.807, 2.05) is 12.1 Å². The largest absolute Gasteiger partial charge is 0.377 e. The van der Waals surface area contributed by atoms with Crippen LogP contribution >= 0.6 is 0 Å². The fourth-order valence-electron chi connectivity index (χ4n) is 2.29. The number of nitriles is 1. The molecule has 112 valence electrons. The monoisotopic (exact) mass is 290 g/mol. The highest BCUT2D eigenvalue weighted by Crippen LogP contribution is 2.13. The summed E-state index contributed by atoms with van der Waals surface area (Å²) in [6, 6.07) is 1.87. The van der Waals surface area contributed by atoms with Crippen molar-refractivity contribution < 1.29 is 4.74 Å². The Hall–Kier alpha value is -2.33. The number of hydrogen-bond acceptors (Lipinski definition) is 5. The van der Waals surface area contributed by atoms with Gasteiger partial charge < -0.3 is 10.1 Å². The van der Waals surface area contributed by atoms with Crippen molar-refractivity contribution in [2.24, 2.45) is 14.1 Å². The third kappa shape index (κ3) is 3.06. The molecule has 21 heavy (non-hydrogen) atoms. The lowest BCUT2D eigenvalue weighted by Gasteiger charge is -2.16. The van der Waals surface area contributed by atoms with Gasteiger partial charge in [-0.05, 0) is 12.8 Å². The lowest BCUT2D eigenvalue weighted by molar-refractivity contribution is 0.153. The van der Waals surface area contributed by atoms with E-state index in [4.69, 9.17) is 10.00 Å². The van der Waals surface area contributed by atoms with Gasteiger partial charge in [0.05, 0.1) is 13.2 Å². The molecule has 1 N–H and O–H groups in total. The molecule has 0 saturated carbocycles. The van der Waals surface area contributed by atoms with Crippen LogP contribution in [-0.4, -0.2) is 28.9 Å². The van der Waals surface area contributed by atoms with Gasteiger partial charge in [-0.25, -0.2) is 4.79 Å². The van der Waals surface area contributed by atoms with Crippen molar-refractivity contribution in [1.29, 1.82) is 5.26 Å². The lowest BCUT2D eigenvalue weighted by atomic mass is 10.1. The molecule has 1 aliphatic heterocycles. The summed E-state index contributed by atoms with van der Waals surface area (Å²) >= 11 is 0. The predicted octanol–water partition coefficient (Wildman–Crippen LogP) is 0.104. The minimum Gasteiger partial charge on any atom is -0.377 e. The predicted molar refractivity (Wildman–Crippen MR) is 78.3 cm³/mol. The SMILES string of the molecule is Cn1c(NCCC2=CCOCC2)c(C#N)c(=O)n(C)c1=O. The van der Waals surface area contributed by atoms with Crippen LogP contribution in [0.5, 0.6) is 0 Å². The summed E-state index contributed by atoms with van der Waals surface area (Å²) in [5, 5.41) is 12.2. The van der Waals surface area contributed by atoms with Gasteiger partial charge in [0, 0.05) is 20.6 Å². The summed E-state index contributed by atoms with van der Waals surface area (Å²) in [6.45, 7) is 1.91. The fourth-order valence-corrected chi connectivity index (χ4v) is 2.29. The summed E-state index contributed by atoms with van der Waals surface area (Å²) in [7, 11) is 2.90. The average Bonchev–Trinajstić information content (AvgIpc) is 2.51. The fraction of sp³-hybridized carbons (Fsp3) is 0.500. The van der Waals surface area contributed by atoms with Gasteiger partial charge in [0.25, 0.3) is 5.56 Å². The van der Waals surface area contributed by atoms with Gasteiger partial charge in [0.2, 0.25) is 0 Å². The molecule has 0 fully saturated rings. The maximum Gasteiger partial charge on any atom is 0.332 e. The van der Waals surface area contributed by atoms with Crippen LogP contribution in [0.3, 0.4) is 0 Å². The van der Waals surface area contributed by atoms with E-state index in [0.29, 0.717) is 13.2 Å². The Labute approximate surface area is 122 Å². The molecule has 2 rings (SSSR count). The van der Waals surface area contributed by atoms with Crippen molar-refractivity contribution >= 4 is 5.82 Å². The Kier molecular flexibility index (Phi) is 4.60. The van der Waals surface area contributed by atoms with Gasteiger partial charge in [0.15, 0.2) is 5.56 Å². The molecule has 0 aliphatic carbocycles. The van der Waals surface area contributed by atoms with Crippen molar-refractivity contribution in [3.63, 3.8) is 0 Å². The minimum absolute atomic E-state index is 0.0412. The van der Waals surface area contributed by atoms with Crippen LogP contribution < -0.4 is 16.6 Å². The quantitative estimate of drug-likeness (QED) is 0.795. The first-order valence-electron chi connectivity index (χ1n) is 6.76. The van der Waals surface area contributed by atoms with Gasteiger partial charge in [-0.2, -0.15) is 5.26 Å². The van der Waals surface area contributed by atoms with E-state index in [-0.39, 0.29) is 11.4 Å². The zero-order chi connectivity index (χ0) is 15.4. The molecule has 0 radical (unpaired) electrons. The van der Waals surface area contributed by atoms with E-state index in [2.05, 4.69) is 5.32 Å². The molecule has 0 spiro atoms. The zero-order valence-electron chi connectivity index (χ0n) is 12.2. The smallest absolute Gasteiger partial charge is 0.332 e. The van der Waals surface area contributed by atoms with E-state index in [0.717, 1.165) is 24.0 Å². The van der Waals surface area contributed by atoms with Crippen LogP contribution in [0.2, 0.25) is 0 Å². The minimum atomic E-state index is -0.576. The summed E-state index contributed by atoms with van der Waals surface area (Å²) in [6.07, 6.45) is 3.72. The Bertz CT molecular complexity index is 721. The molecule has 1 aliphatic rings. The Morgan fingerprint density at radius 3 is 2.76 bits per heavy atom. The Morgan fingerprint density at radius 2 is 2.14 bits per heavy atom. The first-order chi connectivity index (χ1) is 10.1. The van der Waals surface area contributed by atoms with Crippen LogP contribution in [-0.2, 0) is 18.8 Å². The highest BCUT2D eigenvalue weighted by Gasteiger charge is 2.15. The molecule has 0 amide bonds. The van der Waals surface area contributed by atoms with Crippen molar-refractivity contribution in [3.05, 3.63) is 38.1 Å². The van der Waals surface area contributed by atoms with Gasteiger partial charge in [0.1, 0.15) is 11.9 Å². The van der Waals surface area contributed by atoms with Gasteiger partial charge in [-0.3, -0.25) is 13.9 Å².